The van der Waals surface area contributed by atoms with Crippen LogP contribution in [0.15, 0.2) is 47.4 Å². The molecule has 4 rings (SSSR count). The number of carbonyl (C=O) groups is 2. The molecule has 0 unspecified atom stereocenters. The molecule has 2 fully saturated rings. The minimum Gasteiger partial charge on any atom is -0.496 e. The van der Waals surface area contributed by atoms with Crippen LogP contribution < -0.4 is 4.74 Å². The van der Waals surface area contributed by atoms with E-state index in [2.05, 4.69) is 0 Å². The number of benzene rings is 2. The van der Waals surface area contributed by atoms with Crippen LogP contribution in [0.3, 0.4) is 0 Å². The number of hydrogen-bond donors (Lipinski definition) is 0. The molecule has 35 heavy (non-hydrogen) atoms. The first kappa shape index (κ1) is 25.2. The average molecular weight is 500 g/mol. The van der Waals surface area contributed by atoms with Crippen molar-refractivity contribution in [1.29, 1.82) is 0 Å². The van der Waals surface area contributed by atoms with E-state index in [4.69, 9.17) is 4.74 Å². The summed E-state index contributed by atoms with van der Waals surface area (Å²) in [6, 6.07) is 12.0. The van der Waals surface area contributed by atoms with Crippen LogP contribution in [0.5, 0.6) is 5.75 Å². The first-order valence-electron chi connectivity index (χ1n) is 12.2. The van der Waals surface area contributed by atoms with E-state index < -0.39 is 10.0 Å². The highest BCUT2D eigenvalue weighted by atomic mass is 32.2. The van der Waals surface area contributed by atoms with E-state index >= 15 is 0 Å². The number of carbonyl (C=O) groups excluding carboxylic acids is 2. The van der Waals surface area contributed by atoms with Gasteiger partial charge in [-0.2, -0.15) is 4.31 Å². The number of aryl methyl sites for hydroxylation is 1. The quantitative estimate of drug-likeness (QED) is 0.631. The smallest absolute Gasteiger partial charge is 0.257 e. The van der Waals surface area contributed by atoms with Gasteiger partial charge in [0.25, 0.3) is 11.8 Å². The van der Waals surface area contributed by atoms with Crippen molar-refractivity contribution in [2.45, 2.75) is 37.5 Å². The molecule has 2 aliphatic heterocycles. The van der Waals surface area contributed by atoms with Crippen LogP contribution in [0.2, 0.25) is 0 Å². The van der Waals surface area contributed by atoms with Crippen LogP contribution in [0, 0.1) is 6.92 Å². The predicted molar refractivity (Wildman–Crippen MR) is 133 cm³/mol. The summed E-state index contributed by atoms with van der Waals surface area (Å²) in [5, 5.41) is 0. The minimum absolute atomic E-state index is 0.123. The van der Waals surface area contributed by atoms with Gasteiger partial charge in [-0.25, -0.2) is 8.42 Å². The normalized spacial score (nSPS) is 17.7. The molecule has 0 bridgehead atoms. The average Bonchev–Trinajstić information content (AvgIpc) is 3.15. The summed E-state index contributed by atoms with van der Waals surface area (Å²) >= 11 is 0. The standard InChI is InChI=1S/C26H33N3O5S/c1-20-11-12-21(19-24(20)35(32,33)29-15-6-3-7-16-29)25(30)27-13-8-14-28(18-17-27)26(31)22-9-4-5-10-23(22)34-2/h4-5,9-12,19H,3,6-8,13-18H2,1-2H3. The monoisotopic (exact) mass is 499 g/mol. The van der Waals surface area contributed by atoms with Crippen LogP contribution in [-0.4, -0.2) is 80.7 Å². The molecule has 2 aromatic rings. The summed E-state index contributed by atoms with van der Waals surface area (Å²) in [4.78, 5) is 30.1. The second-order valence-electron chi connectivity index (χ2n) is 9.08. The van der Waals surface area contributed by atoms with Gasteiger partial charge in [0.2, 0.25) is 10.0 Å². The fourth-order valence-corrected chi connectivity index (χ4v) is 6.52. The maximum Gasteiger partial charge on any atom is 0.257 e. The molecular formula is C26H33N3O5S. The Hall–Kier alpha value is -2.91. The lowest BCUT2D eigenvalue weighted by molar-refractivity contribution is 0.0716. The van der Waals surface area contributed by atoms with Crippen molar-refractivity contribution < 1.29 is 22.7 Å². The van der Waals surface area contributed by atoms with Crippen LogP contribution in [0.1, 0.15) is 52.0 Å². The fourth-order valence-electron chi connectivity index (χ4n) is 4.75. The van der Waals surface area contributed by atoms with Gasteiger partial charge in [-0.3, -0.25) is 9.59 Å². The highest BCUT2D eigenvalue weighted by molar-refractivity contribution is 7.89. The summed E-state index contributed by atoms with van der Waals surface area (Å²) in [6.07, 6.45) is 3.38. The second-order valence-corrected chi connectivity index (χ2v) is 11.0. The molecule has 0 radical (unpaired) electrons. The lowest BCUT2D eigenvalue weighted by atomic mass is 10.1. The number of sulfonamides is 1. The van der Waals surface area contributed by atoms with Gasteiger partial charge in [0.15, 0.2) is 0 Å². The van der Waals surface area contributed by atoms with Crippen molar-refractivity contribution in [2.24, 2.45) is 0 Å². The zero-order valence-electron chi connectivity index (χ0n) is 20.4. The van der Waals surface area contributed by atoms with E-state index in [1.54, 1.807) is 47.1 Å². The number of rotatable bonds is 5. The van der Waals surface area contributed by atoms with Crippen molar-refractivity contribution >= 4 is 21.8 Å². The summed E-state index contributed by atoms with van der Waals surface area (Å²) in [5.41, 5.74) is 1.49. The van der Waals surface area contributed by atoms with Crippen LogP contribution in [-0.2, 0) is 10.0 Å². The molecular weight excluding hydrogens is 466 g/mol. The minimum atomic E-state index is -3.65. The van der Waals surface area contributed by atoms with Crippen molar-refractivity contribution in [2.75, 3.05) is 46.4 Å². The topological polar surface area (TPSA) is 87.2 Å². The van der Waals surface area contributed by atoms with Gasteiger partial charge in [0.05, 0.1) is 17.6 Å². The Labute approximate surface area is 207 Å². The van der Waals surface area contributed by atoms with Gasteiger partial charge in [-0.15, -0.1) is 0 Å². The number of piperidine rings is 1. The van der Waals surface area contributed by atoms with Crippen molar-refractivity contribution in [3.05, 3.63) is 59.2 Å². The molecule has 2 saturated heterocycles. The van der Waals surface area contributed by atoms with E-state index in [0.29, 0.717) is 68.1 Å². The van der Waals surface area contributed by atoms with E-state index in [-0.39, 0.29) is 16.7 Å². The first-order valence-corrected chi connectivity index (χ1v) is 13.6. The lowest BCUT2D eigenvalue weighted by Crippen LogP contribution is -2.38. The van der Waals surface area contributed by atoms with Crippen LogP contribution in [0.25, 0.3) is 0 Å². The Morgan fingerprint density at radius 1 is 0.800 bits per heavy atom. The number of methoxy groups -OCH3 is 1. The second kappa shape index (κ2) is 10.8. The zero-order chi connectivity index (χ0) is 25.0. The molecule has 8 nitrogen and oxygen atoms in total. The lowest BCUT2D eigenvalue weighted by Gasteiger charge is -2.27. The third kappa shape index (κ3) is 5.36. The van der Waals surface area contributed by atoms with Gasteiger partial charge in [-0.1, -0.05) is 24.6 Å². The number of para-hydroxylation sites is 1. The Balaban J connectivity index is 1.49. The van der Waals surface area contributed by atoms with E-state index in [0.717, 1.165) is 19.3 Å². The van der Waals surface area contributed by atoms with Crippen LogP contribution >= 0.6 is 0 Å². The molecule has 2 amide bonds. The molecule has 0 spiro atoms. The van der Waals surface area contributed by atoms with E-state index in [1.807, 2.05) is 6.07 Å². The van der Waals surface area contributed by atoms with Crippen LogP contribution in [0.4, 0.5) is 0 Å². The summed E-state index contributed by atoms with van der Waals surface area (Å²) in [5.74, 6) is 0.186. The Morgan fingerprint density at radius 2 is 1.46 bits per heavy atom. The van der Waals surface area contributed by atoms with Gasteiger partial charge in [0, 0.05) is 44.8 Å². The first-order chi connectivity index (χ1) is 16.8. The predicted octanol–water partition coefficient (Wildman–Crippen LogP) is 3.17. The van der Waals surface area contributed by atoms with E-state index in [1.165, 1.54) is 17.5 Å². The summed E-state index contributed by atoms with van der Waals surface area (Å²) in [6.45, 7) is 4.59. The molecule has 2 aromatic carbocycles. The van der Waals surface area contributed by atoms with Crippen molar-refractivity contribution in [3.8, 4) is 5.75 Å². The third-order valence-corrected chi connectivity index (χ3v) is 8.82. The highest BCUT2D eigenvalue weighted by Crippen LogP contribution is 2.25. The van der Waals surface area contributed by atoms with Gasteiger partial charge >= 0.3 is 0 Å². The molecule has 0 atom stereocenters. The third-order valence-electron chi connectivity index (χ3n) is 6.78. The van der Waals surface area contributed by atoms with Crippen molar-refractivity contribution in [3.63, 3.8) is 0 Å². The number of nitrogens with zero attached hydrogens (tertiary/aromatic N) is 3. The Morgan fingerprint density at radius 3 is 2.14 bits per heavy atom. The Bertz CT molecular complexity index is 1190. The highest BCUT2D eigenvalue weighted by Gasteiger charge is 2.30. The Kier molecular flexibility index (Phi) is 7.76. The number of ether oxygens (including phenoxy) is 1. The molecule has 0 aromatic heterocycles. The molecule has 0 aliphatic carbocycles. The van der Waals surface area contributed by atoms with Crippen molar-refractivity contribution in [1.82, 2.24) is 14.1 Å². The maximum atomic E-state index is 13.4. The SMILES string of the molecule is COc1ccccc1C(=O)N1CCCN(C(=O)c2ccc(C)c(S(=O)(=O)N3CCCCC3)c2)CC1. The van der Waals surface area contributed by atoms with Gasteiger partial charge < -0.3 is 14.5 Å². The summed E-state index contributed by atoms with van der Waals surface area (Å²) in [7, 11) is -2.11. The molecule has 2 heterocycles. The zero-order valence-corrected chi connectivity index (χ0v) is 21.2. The van der Waals surface area contributed by atoms with E-state index in [9.17, 15) is 18.0 Å². The van der Waals surface area contributed by atoms with Gasteiger partial charge in [0.1, 0.15) is 5.75 Å². The fraction of sp³-hybridized carbons (Fsp3) is 0.462. The number of amides is 2. The maximum absolute atomic E-state index is 13.4. The molecule has 0 saturated carbocycles. The molecule has 9 heteroatoms. The molecule has 188 valence electrons. The number of hydrogen-bond acceptors (Lipinski definition) is 5. The molecule has 2 aliphatic rings. The molecule has 0 N–H and O–H groups in total. The van der Waals surface area contributed by atoms with Gasteiger partial charge in [-0.05, 0) is 56.0 Å². The summed E-state index contributed by atoms with van der Waals surface area (Å²) < 4.78 is 33.4. The largest absolute Gasteiger partial charge is 0.496 e.